The minimum absolute atomic E-state index is 0.219. The molecule has 0 aliphatic heterocycles. The predicted octanol–water partition coefficient (Wildman–Crippen LogP) is 8.50. The molecule has 0 aromatic heterocycles. The van der Waals surface area contributed by atoms with Gasteiger partial charge in [-0.1, -0.05) is 133 Å². The number of hydrogen-bond acceptors (Lipinski definition) is 3. The van der Waals surface area contributed by atoms with E-state index in [9.17, 15) is 15.3 Å². The highest BCUT2D eigenvalue weighted by molar-refractivity contribution is 5.48. The molecule has 0 aromatic rings. The topological polar surface area (TPSA) is 60.7 Å². The van der Waals surface area contributed by atoms with Crippen LogP contribution in [0.5, 0.6) is 0 Å². The lowest BCUT2D eigenvalue weighted by molar-refractivity contribution is -0.266. The minimum atomic E-state index is -1.55. The molecule has 0 saturated heterocycles. The lowest BCUT2D eigenvalue weighted by atomic mass is 9.42. The summed E-state index contributed by atoms with van der Waals surface area (Å²) in [6.45, 7) is 27.5. The third-order valence-corrected chi connectivity index (χ3v) is 10.2. The fourth-order valence-corrected chi connectivity index (χ4v) is 7.31. The molecule has 3 heteroatoms. The Labute approximate surface area is 245 Å². The summed E-state index contributed by atoms with van der Waals surface area (Å²) in [5.41, 5.74) is -3.67. The van der Waals surface area contributed by atoms with Crippen molar-refractivity contribution in [1.29, 1.82) is 0 Å². The van der Waals surface area contributed by atoms with E-state index in [1.807, 2.05) is 39.0 Å². The van der Waals surface area contributed by atoms with Gasteiger partial charge in [-0.15, -0.1) is 0 Å². The molecular formula is C37H58O3. The van der Waals surface area contributed by atoms with Crippen molar-refractivity contribution in [2.24, 2.45) is 39.4 Å². The van der Waals surface area contributed by atoms with Crippen LogP contribution in [-0.2, 0) is 0 Å². The zero-order valence-electron chi connectivity index (χ0n) is 27.7. The molecule has 40 heavy (non-hydrogen) atoms. The second kappa shape index (κ2) is 10.2. The average Bonchev–Trinajstić information content (AvgIpc) is 2.80. The molecule has 3 nitrogen and oxygen atoms in total. The Bertz CT molecular complexity index is 1010. The fourth-order valence-electron chi connectivity index (χ4n) is 7.31. The van der Waals surface area contributed by atoms with E-state index in [1.54, 1.807) is 0 Å². The first-order chi connectivity index (χ1) is 18.0. The van der Waals surface area contributed by atoms with E-state index < -0.39 is 22.2 Å². The summed E-state index contributed by atoms with van der Waals surface area (Å²) in [6.07, 6.45) is 19.7. The van der Waals surface area contributed by atoms with Crippen LogP contribution < -0.4 is 0 Å². The molecule has 0 spiro atoms. The van der Waals surface area contributed by atoms with E-state index >= 15 is 0 Å². The first-order valence-corrected chi connectivity index (χ1v) is 15.4. The van der Waals surface area contributed by atoms with Crippen LogP contribution in [0.25, 0.3) is 0 Å². The largest absolute Gasteiger partial charge is 0.384 e. The predicted molar refractivity (Wildman–Crippen MR) is 170 cm³/mol. The van der Waals surface area contributed by atoms with Gasteiger partial charge in [-0.2, -0.15) is 0 Å². The van der Waals surface area contributed by atoms with Crippen molar-refractivity contribution in [2.45, 2.75) is 120 Å². The third kappa shape index (κ3) is 4.99. The highest BCUT2D eigenvalue weighted by Crippen LogP contribution is 2.65. The first kappa shape index (κ1) is 32.8. The van der Waals surface area contributed by atoms with Gasteiger partial charge in [0, 0.05) is 17.8 Å². The van der Waals surface area contributed by atoms with Gasteiger partial charge >= 0.3 is 0 Å². The van der Waals surface area contributed by atoms with Gasteiger partial charge in [0.05, 0.1) is 5.41 Å². The molecule has 224 valence electrons. The van der Waals surface area contributed by atoms with Gasteiger partial charge < -0.3 is 15.3 Å². The molecular weight excluding hydrogens is 492 g/mol. The van der Waals surface area contributed by atoms with Crippen molar-refractivity contribution in [2.75, 3.05) is 0 Å². The second-order valence-electron chi connectivity index (χ2n) is 16.1. The van der Waals surface area contributed by atoms with E-state index in [1.165, 1.54) is 0 Å². The summed E-state index contributed by atoms with van der Waals surface area (Å²) in [6, 6.07) is 0. The Morgan fingerprint density at radius 2 is 0.800 bits per heavy atom. The normalized spacial score (nSPS) is 36.6. The Kier molecular flexibility index (Phi) is 8.41. The molecule has 3 rings (SSSR count). The van der Waals surface area contributed by atoms with Gasteiger partial charge in [-0.3, -0.25) is 0 Å². The van der Waals surface area contributed by atoms with E-state index in [4.69, 9.17) is 0 Å². The minimum Gasteiger partial charge on any atom is -0.384 e. The molecule has 3 aliphatic carbocycles. The zero-order valence-corrected chi connectivity index (χ0v) is 27.7. The van der Waals surface area contributed by atoms with E-state index in [-0.39, 0.29) is 34.0 Å². The maximum absolute atomic E-state index is 13.4. The summed E-state index contributed by atoms with van der Waals surface area (Å²) >= 11 is 0. The number of allylic oxidation sites excluding steroid dienone is 6. The average molecular weight is 551 g/mol. The van der Waals surface area contributed by atoms with Crippen LogP contribution in [0.15, 0.2) is 71.4 Å². The molecule has 0 bridgehead atoms. The molecule has 6 unspecified atom stereocenters. The van der Waals surface area contributed by atoms with Crippen molar-refractivity contribution in [1.82, 2.24) is 0 Å². The van der Waals surface area contributed by atoms with E-state index in [0.717, 1.165) is 16.7 Å². The van der Waals surface area contributed by atoms with Gasteiger partial charge in [0.15, 0.2) is 0 Å². The number of aliphatic hydroxyl groups is 3. The molecule has 6 atom stereocenters. The molecule has 0 heterocycles. The molecule has 0 saturated carbocycles. The molecule has 0 radical (unpaired) electrons. The summed E-state index contributed by atoms with van der Waals surface area (Å²) < 4.78 is 0. The standard InChI is InChI=1S/C37H58O3/c1-14-21-37(34(38)22-28(31(5,6)7)18-15-25(34)2,35(39)23-29(32(8,9)10)19-16-26(35)3)36(40)24-30(33(11,12)13)20-17-27(36)4/h15-20,22-27,38-40H,14,21H2,1-13H3. The van der Waals surface area contributed by atoms with Crippen LogP contribution in [0, 0.1) is 39.4 Å². The maximum atomic E-state index is 13.4. The lowest BCUT2D eigenvalue weighted by Gasteiger charge is -2.66. The first-order valence-electron chi connectivity index (χ1n) is 15.4. The van der Waals surface area contributed by atoms with Crippen molar-refractivity contribution >= 4 is 0 Å². The molecule has 0 amide bonds. The van der Waals surface area contributed by atoms with Gasteiger partial charge in [0.2, 0.25) is 0 Å². The van der Waals surface area contributed by atoms with Crippen LogP contribution in [-0.4, -0.2) is 32.1 Å². The van der Waals surface area contributed by atoms with Crippen LogP contribution in [0.2, 0.25) is 0 Å². The van der Waals surface area contributed by atoms with Gasteiger partial charge in [-0.05, 0) is 57.6 Å². The third-order valence-electron chi connectivity index (χ3n) is 10.2. The monoisotopic (exact) mass is 550 g/mol. The number of rotatable bonds is 5. The summed E-state index contributed by atoms with van der Waals surface area (Å²) in [4.78, 5) is 0. The van der Waals surface area contributed by atoms with Gasteiger partial charge in [0.1, 0.15) is 16.8 Å². The quantitative estimate of drug-likeness (QED) is 0.322. The summed E-state index contributed by atoms with van der Waals surface area (Å²) in [5.74, 6) is -1.02. The van der Waals surface area contributed by atoms with Crippen LogP contribution in [0.1, 0.15) is 103 Å². The fraction of sp³-hybridized carbons (Fsp3) is 0.676. The smallest absolute Gasteiger partial charge is 0.101 e. The molecule has 0 fully saturated rings. The second-order valence-corrected chi connectivity index (χ2v) is 16.1. The highest BCUT2D eigenvalue weighted by atomic mass is 16.3. The van der Waals surface area contributed by atoms with Gasteiger partial charge in [0.25, 0.3) is 0 Å². The van der Waals surface area contributed by atoms with Crippen LogP contribution >= 0.6 is 0 Å². The maximum Gasteiger partial charge on any atom is 0.101 e. The van der Waals surface area contributed by atoms with Crippen molar-refractivity contribution in [3.8, 4) is 0 Å². The Morgan fingerprint density at radius 3 is 1.00 bits per heavy atom. The van der Waals surface area contributed by atoms with Gasteiger partial charge in [-0.25, -0.2) is 0 Å². The number of hydrogen-bond donors (Lipinski definition) is 3. The van der Waals surface area contributed by atoms with E-state index in [2.05, 4.69) is 106 Å². The lowest BCUT2D eigenvalue weighted by Crippen LogP contribution is -2.76. The molecule has 0 aromatic carbocycles. The van der Waals surface area contributed by atoms with Crippen molar-refractivity contribution in [3.63, 3.8) is 0 Å². The van der Waals surface area contributed by atoms with Crippen molar-refractivity contribution in [3.05, 3.63) is 71.4 Å². The van der Waals surface area contributed by atoms with Crippen LogP contribution in [0.4, 0.5) is 0 Å². The van der Waals surface area contributed by atoms with Crippen LogP contribution in [0.3, 0.4) is 0 Å². The Hall–Kier alpha value is -1.68. The van der Waals surface area contributed by atoms with Crippen molar-refractivity contribution < 1.29 is 15.3 Å². The summed E-state index contributed by atoms with van der Waals surface area (Å²) in [5, 5.41) is 40.2. The highest BCUT2D eigenvalue weighted by Gasteiger charge is 2.73. The Balaban J connectivity index is 2.60. The van der Waals surface area contributed by atoms with E-state index in [0.29, 0.717) is 12.8 Å². The molecule has 3 aliphatic rings. The SMILES string of the molecule is CCCC(C1(O)C=C(C(C)(C)C)C=CC1C)(C1(O)C=C(C(C)(C)C)C=CC1C)C1(O)C=C(C(C)(C)C)C=CC1C. The Morgan fingerprint density at radius 1 is 0.550 bits per heavy atom. The zero-order chi connectivity index (χ0) is 30.7. The molecule has 3 N–H and O–H groups in total. The summed E-state index contributed by atoms with van der Waals surface area (Å²) in [7, 11) is 0.